The van der Waals surface area contributed by atoms with Crippen molar-refractivity contribution < 1.29 is 0 Å². The zero-order chi connectivity index (χ0) is 13.9. The van der Waals surface area contributed by atoms with Crippen molar-refractivity contribution >= 4 is 33.3 Å². The molecule has 0 fully saturated rings. The van der Waals surface area contributed by atoms with Crippen LogP contribution in [0.1, 0.15) is 10.4 Å². The topological polar surface area (TPSA) is 88.8 Å². The molecule has 3 rings (SSSR count). The number of hydrogen-bond donors (Lipinski definition) is 3. The first kappa shape index (κ1) is 12.8. The van der Waals surface area contributed by atoms with Gasteiger partial charge in [-0.2, -0.15) is 4.98 Å². The number of pyridine rings is 1. The Morgan fingerprint density at radius 3 is 2.80 bits per heavy atom. The zero-order valence-electron chi connectivity index (χ0n) is 10.9. The predicted octanol–water partition coefficient (Wildman–Crippen LogP) is 2.29. The van der Waals surface area contributed by atoms with Crippen molar-refractivity contribution in [1.82, 2.24) is 15.0 Å². The van der Waals surface area contributed by atoms with E-state index in [0.29, 0.717) is 12.5 Å². The summed E-state index contributed by atoms with van der Waals surface area (Å²) in [5.74, 6) is 6.61. The van der Waals surface area contributed by atoms with Gasteiger partial charge in [-0.1, -0.05) is 0 Å². The number of hydrazine groups is 1. The van der Waals surface area contributed by atoms with Gasteiger partial charge < -0.3 is 5.32 Å². The molecule has 3 aromatic heterocycles. The van der Waals surface area contributed by atoms with Crippen molar-refractivity contribution in [2.75, 3.05) is 10.7 Å². The lowest BCUT2D eigenvalue weighted by atomic mass is 10.2. The molecule has 0 aliphatic carbocycles. The third kappa shape index (κ3) is 2.54. The van der Waals surface area contributed by atoms with E-state index in [9.17, 15) is 0 Å². The summed E-state index contributed by atoms with van der Waals surface area (Å²) in [4.78, 5) is 14.8. The average molecular weight is 286 g/mol. The molecule has 102 valence electrons. The van der Waals surface area contributed by atoms with Gasteiger partial charge in [0.15, 0.2) is 0 Å². The maximum absolute atomic E-state index is 5.42. The molecule has 0 bridgehead atoms. The fraction of sp³-hybridized carbons (Fsp3) is 0.154. The van der Waals surface area contributed by atoms with Crippen LogP contribution in [0.2, 0.25) is 0 Å². The van der Waals surface area contributed by atoms with Crippen LogP contribution in [-0.2, 0) is 6.54 Å². The van der Waals surface area contributed by atoms with E-state index in [0.717, 1.165) is 21.6 Å². The fourth-order valence-electron chi connectivity index (χ4n) is 1.93. The van der Waals surface area contributed by atoms with Crippen LogP contribution in [0.5, 0.6) is 0 Å². The van der Waals surface area contributed by atoms with Gasteiger partial charge in [0, 0.05) is 23.8 Å². The highest BCUT2D eigenvalue weighted by atomic mass is 32.1. The minimum Gasteiger partial charge on any atom is -0.365 e. The monoisotopic (exact) mass is 286 g/mol. The first-order chi connectivity index (χ1) is 9.76. The summed E-state index contributed by atoms with van der Waals surface area (Å²) >= 11 is 1.62. The lowest BCUT2D eigenvalue weighted by Crippen LogP contribution is -2.12. The Bertz CT molecular complexity index is 724. The number of nitrogen functional groups attached to an aromatic ring is 1. The zero-order valence-corrected chi connectivity index (χ0v) is 11.7. The molecule has 0 aliphatic rings. The van der Waals surface area contributed by atoms with Crippen LogP contribution >= 0.6 is 11.3 Å². The molecule has 0 unspecified atom stereocenters. The molecule has 3 heterocycles. The van der Waals surface area contributed by atoms with E-state index in [1.54, 1.807) is 23.7 Å². The van der Waals surface area contributed by atoms with E-state index in [2.05, 4.69) is 38.7 Å². The van der Waals surface area contributed by atoms with Gasteiger partial charge in [0.05, 0.1) is 5.39 Å². The van der Waals surface area contributed by atoms with Gasteiger partial charge in [0.25, 0.3) is 0 Å². The lowest BCUT2D eigenvalue weighted by Gasteiger charge is -2.08. The number of aryl methyl sites for hydroxylation is 1. The maximum atomic E-state index is 5.42. The van der Waals surface area contributed by atoms with Crippen molar-refractivity contribution in [3.8, 4) is 0 Å². The average Bonchev–Trinajstić information content (AvgIpc) is 2.86. The van der Waals surface area contributed by atoms with Crippen LogP contribution in [0.3, 0.4) is 0 Å². The number of nitrogens with zero attached hydrogens (tertiary/aromatic N) is 3. The Hall–Kier alpha value is -2.25. The molecule has 0 radical (unpaired) electrons. The van der Waals surface area contributed by atoms with Crippen molar-refractivity contribution in [3.05, 3.63) is 41.0 Å². The third-order valence-electron chi connectivity index (χ3n) is 2.85. The molecule has 4 N–H and O–H groups in total. The lowest BCUT2D eigenvalue weighted by molar-refractivity contribution is 1.08. The summed E-state index contributed by atoms with van der Waals surface area (Å²) in [5, 5.41) is 4.34. The summed E-state index contributed by atoms with van der Waals surface area (Å²) in [6, 6.07) is 6.01. The summed E-state index contributed by atoms with van der Waals surface area (Å²) in [7, 11) is 0. The third-order valence-corrected chi connectivity index (χ3v) is 3.80. The summed E-state index contributed by atoms with van der Waals surface area (Å²) in [5.41, 5.74) is 3.64. The summed E-state index contributed by atoms with van der Waals surface area (Å²) in [6.45, 7) is 2.72. The van der Waals surface area contributed by atoms with E-state index >= 15 is 0 Å². The van der Waals surface area contributed by atoms with Crippen LogP contribution < -0.4 is 16.6 Å². The fourth-order valence-corrected chi connectivity index (χ4v) is 2.81. The quantitative estimate of drug-likeness (QED) is 0.504. The molecule has 0 aromatic carbocycles. The van der Waals surface area contributed by atoms with Crippen LogP contribution in [0, 0.1) is 6.92 Å². The van der Waals surface area contributed by atoms with Crippen LogP contribution in [-0.4, -0.2) is 15.0 Å². The molecule has 0 aliphatic heterocycles. The molecule has 0 saturated carbocycles. The Labute approximate surface area is 120 Å². The Balaban J connectivity index is 1.93. The van der Waals surface area contributed by atoms with Crippen LogP contribution in [0.4, 0.5) is 11.8 Å². The normalized spacial score (nSPS) is 10.7. The van der Waals surface area contributed by atoms with Crippen LogP contribution in [0.25, 0.3) is 10.2 Å². The molecule has 0 atom stereocenters. The number of fused-ring (bicyclic) bond motifs is 1. The number of nitrogens with one attached hydrogen (secondary N) is 2. The Morgan fingerprint density at radius 2 is 2.05 bits per heavy atom. The van der Waals surface area contributed by atoms with Crippen molar-refractivity contribution in [2.24, 2.45) is 5.84 Å². The first-order valence-corrected chi connectivity index (χ1v) is 6.95. The van der Waals surface area contributed by atoms with E-state index in [1.165, 1.54) is 4.88 Å². The SMILES string of the molecule is Cc1cc2c(NCc3ccncc3)nc(NN)nc2s1. The van der Waals surface area contributed by atoms with E-state index in [-0.39, 0.29) is 0 Å². The van der Waals surface area contributed by atoms with Gasteiger partial charge in [-0.3, -0.25) is 10.4 Å². The molecular formula is C13H14N6S. The van der Waals surface area contributed by atoms with Gasteiger partial charge in [-0.15, -0.1) is 11.3 Å². The number of thiophene rings is 1. The largest absolute Gasteiger partial charge is 0.365 e. The summed E-state index contributed by atoms with van der Waals surface area (Å²) < 4.78 is 0. The van der Waals surface area contributed by atoms with Gasteiger partial charge in [0.1, 0.15) is 10.6 Å². The highest BCUT2D eigenvalue weighted by Crippen LogP contribution is 2.29. The van der Waals surface area contributed by atoms with Gasteiger partial charge in [0.2, 0.25) is 5.95 Å². The van der Waals surface area contributed by atoms with Crippen molar-refractivity contribution in [3.63, 3.8) is 0 Å². The first-order valence-electron chi connectivity index (χ1n) is 6.14. The minimum absolute atomic E-state index is 0.413. The molecular weight excluding hydrogens is 272 g/mol. The number of anilines is 2. The second-order valence-electron chi connectivity index (χ2n) is 4.33. The second-order valence-corrected chi connectivity index (χ2v) is 5.56. The minimum atomic E-state index is 0.413. The molecule has 0 saturated heterocycles. The van der Waals surface area contributed by atoms with Crippen LogP contribution in [0.15, 0.2) is 30.6 Å². The van der Waals surface area contributed by atoms with E-state index in [4.69, 9.17) is 5.84 Å². The number of hydrogen-bond acceptors (Lipinski definition) is 7. The van der Waals surface area contributed by atoms with Gasteiger partial charge in [-0.05, 0) is 30.7 Å². The van der Waals surface area contributed by atoms with Crippen molar-refractivity contribution in [2.45, 2.75) is 13.5 Å². The van der Waals surface area contributed by atoms with Crippen molar-refractivity contribution in [1.29, 1.82) is 0 Å². The second kappa shape index (κ2) is 5.40. The highest BCUT2D eigenvalue weighted by molar-refractivity contribution is 7.18. The Kier molecular flexibility index (Phi) is 3.44. The van der Waals surface area contributed by atoms with E-state index in [1.807, 2.05) is 12.1 Å². The van der Waals surface area contributed by atoms with E-state index < -0.39 is 0 Å². The number of rotatable bonds is 4. The summed E-state index contributed by atoms with van der Waals surface area (Å²) in [6.07, 6.45) is 3.54. The van der Waals surface area contributed by atoms with Gasteiger partial charge in [-0.25, -0.2) is 10.8 Å². The number of aromatic nitrogens is 3. The predicted molar refractivity (Wildman–Crippen MR) is 81.5 cm³/mol. The Morgan fingerprint density at radius 1 is 1.25 bits per heavy atom. The van der Waals surface area contributed by atoms with Gasteiger partial charge >= 0.3 is 0 Å². The molecule has 3 aromatic rings. The standard InChI is InChI=1S/C13H14N6S/c1-8-6-10-11(16-7-9-2-4-15-5-3-9)17-13(19-14)18-12(10)20-8/h2-6H,7,14H2,1H3,(H2,16,17,18,19). The molecule has 7 heteroatoms. The number of nitrogens with two attached hydrogens (primary N) is 1. The highest BCUT2D eigenvalue weighted by Gasteiger charge is 2.09. The molecule has 0 spiro atoms. The smallest absolute Gasteiger partial charge is 0.240 e. The molecule has 0 amide bonds. The molecule has 20 heavy (non-hydrogen) atoms. The maximum Gasteiger partial charge on any atom is 0.240 e. The molecule has 6 nitrogen and oxygen atoms in total.